The number of benzene rings is 1. The van der Waals surface area contributed by atoms with Crippen molar-refractivity contribution in [1.82, 2.24) is 20.4 Å². The molecule has 0 aromatic heterocycles. The lowest BCUT2D eigenvalue weighted by Gasteiger charge is -2.37. The Morgan fingerprint density at radius 1 is 1.17 bits per heavy atom. The van der Waals surface area contributed by atoms with Crippen LogP contribution in [0.3, 0.4) is 0 Å². The Morgan fingerprint density at radius 3 is 2.72 bits per heavy atom. The van der Waals surface area contributed by atoms with Crippen LogP contribution in [0.25, 0.3) is 0 Å². The molecule has 2 unspecified atom stereocenters. The van der Waals surface area contributed by atoms with Gasteiger partial charge in [0.2, 0.25) is 0 Å². The molecule has 2 N–H and O–H groups in total. The second kappa shape index (κ2) is 11.8. The summed E-state index contributed by atoms with van der Waals surface area (Å²) < 4.78 is 5.53. The first-order valence-electron chi connectivity index (χ1n) is 10.4. The summed E-state index contributed by atoms with van der Waals surface area (Å²) in [6, 6.07) is 9.11. The van der Waals surface area contributed by atoms with E-state index in [1.165, 1.54) is 5.69 Å². The largest absolute Gasteiger partial charge is 0.495 e. The molecule has 2 fully saturated rings. The standard InChI is InChI=1S/C21H36N6O.HI/c1-5-22-21(23-14-18-16-25(2)12-13-26(18)3)24-17-10-11-27(15-17)19-8-6-7-9-20(19)28-4;/h6-9,17-18H,5,10-16H2,1-4H3,(H2,22,23,24);1H. The quantitative estimate of drug-likeness (QED) is 0.341. The van der Waals surface area contributed by atoms with Crippen molar-refractivity contribution in [2.75, 3.05) is 71.9 Å². The third-order valence-electron chi connectivity index (χ3n) is 5.74. The number of rotatable bonds is 6. The lowest BCUT2D eigenvalue weighted by atomic mass is 10.2. The molecule has 3 rings (SSSR count). The van der Waals surface area contributed by atoms with Gasteiger partial charge in [-0.2, -0.15) is 0 Å². The topological polar surface area (TPSA) is 55.4 Å². The van der Waals surface area contributed by atoms with Crippen LogP contribution in [0.2, 0.25) is 0 Å². The Kier molecular flexibility index (Phi) is 9.78. The zero-order valence-electron chi connectivity index (χ0n) is 18.2. The second-order valence-corrected chi connectivity index (χ2v) is 7.86. The molecule has 0 amide bonds. The van der Waals surface area contributed by atoms with E-state index in [4.69, 9.17) is 9.73 Å². The highest BCUT2D eigenvalue weighted by atomic mass is 127. The number of aliphatic imine (C=N–C) groups is 1. The number of anilines is 1. The zero-order chi connectivity index (χ0) is 19.9. The van der Waals surface area contributed by atoms with E-state index in [0.29, 0.717) is 12.1 Å². The first-order chi connectivity index (χ1) is 13.6. The van der Waals surface area contributed by atoms with Gasteiger partial charge in [-0.25, -0.2) is 0 Å². The number of guanidine groups is 1. The SMILES string of the molecule is CCNC(=NCC1CN(C)CCN1C)NC1CCN(c2ccccc2OC)C1.I. The monoisotopic (exact) mass is 516 g/mol. The van der Waals surface area contributed by atoms with Crippen molar-refractivity contribution in [3.63, 3.8) is 0 Å². The van der Waals surface area contributed by atoms with Crippen molar-refractivity contribution in [3.05, 3.63) is 24.3 Å². The van der Waals surface area contributed by atoms with E-state index in [0.717, 1.165) is 63.9 Å². The summed E-state index contributed by atoms with van der Waals surface area (Å²) in [6.45, 7) is 9.10. The molecule has 2 heterocycles. The molecule has 2 aliphatic heterocycles. The van der Waals surface area contributed by atoms with Crippen LogP contribution in [-0.4, -0.2) is 94.9 Å². The molecule has 8 heteroatoms. The molecule has 1 aromatic rings. The highest BCUT2D eigenvalue weighted by Gasteiger charge is 2.26. The van der Waals surface area contributed by atoms with Crippen molar-refractivity contribution in [2.24, 2.45) is 4.99 Å². The number of halogens is 1. The zero-order valence-corrected chi connectivity index (χ0v) is 20.6. The van der Waals surface area contributed by atoms with Gasteiger partial charge in [-0.05, 0) is 39.6 Å². The number of nitrogens with zero attached hydrogens (tertiary/aromatic N) is 4. The van der Waals surface area contributed by atoms with Gasteiger partial charge in [0.15, 0.2) is 5.96 Å². The fourth-order valence-electron chi connectivity index (χ4n) is 4.00. The predicted octanol–water partition coefficient (Wildman–Crippen LogP) is 1.69. The predicted molar refractivity (Wildman–Crippen MR) is 132 cm³/mol. The van der Waals surface area contributed by atoms with Gasteiger partial charge in [0.05, 0.1) is 19.3 Å². The number of likely N-dealkylation sites (N-methyl/N-ethyl adjacent to an activating group) is 2. The minimum absolute atomic E-state index is 0. The van der Waals surface area contributed by atoms with E-state index < -0.39 is 0 Å². The number of hydrogen-bond donors (Lipinski definition) is 2. The van der Waals surface area contributed by atoms with Gasteiger partial charge < -0.3 is 25.2 Å². The first kappa shape index (κ1) is 24.0. The number of nitrogens with one attached hydrogen (secondary N) is 2. The molecular formula is C21H37IN6O. The molecule has 164 valence electrons. The fraction of sp³-hybridized carbons (Fsp3) is 0.667. The fourth-order valence-corrected chi connectivity index (χ4v) is 4.00. The van der Waals surface area contributed by atoms with Gasteiger partial charge in [0, 0.05) is 51.4 Å². The highest BCUT2D eigenvalue weighted by Crippen LogP contribution is 2.30. The summed E-state index contributed by atoms with van der Waals surface area (Å²) in [5.74, 6) is 1.86. The van der Waals surface area contributed by atoms with Gasteiger partial charge in [-0.15, -0.1) is 24.0 Å². The Hall–Kier alpha value is -1.26. The molecule has 0 saturated carbocycles. The molecule has 0 radical (unpaired) electrons. The normalized spacial score (nSPS) is 23.6. The van der Waals surface area contributed by atoms with Crippen molar-refractivity contribution in [2.45, 2.75) is 25.4 Å². The van der Waals surface area contributed by atoms with Crippen molar-refractivity contribution >= 4 is 35.6 Å². The number of methoxy groups -OCH3 is 1. The van der Waals surface area contributed by atoms with Gasteiger partial charge in [0.25, 0.3) is 0 Å². The summed E-state index contributed by atoms with van der Waals surface area (Å²) in [5, 5.41) is 7.06. The van der Waals surface area contributed by atoms with Crippen LogP contribution in [0.15, 0.2) is 29.3 Å². The number of piperazine rings is 1. The number of hydrogen-bond acceptors (Lipinski definition) is 5. The van der Waals surface area contributed by atoms with Gasteiger partial charge in [-0.1, -0.05) is 12.1 Å². The van der Waals surface area contributed by atoms with Crippen LogP contribution >= 0.6 is 24.0 Å². The van der Waals surface area contributed by atoms with Crippen LogP contribution in [0.5, 0.6) is 5.75 Å². The molecule has 2 saturated heterocycles. The molecule has 1 aromatic carbocycles. The lowest BCUT2D eigenvalue weighted by molar-refractivity contribution is 0.119. The van der Waals surface area contributed by atoms with Gasteiger partial charge in [-0.3, -0.25) is 9.89 Å². The van der Waals surface area contributed by atoms with Crippen molar-refractivity contribution < 1.29 is 4.74 Å². The van der Waals surface area contributed by atoms with E-state index in [1.54, 1.807) is 7.11 Å². The first-order valence-corrected chi connectivity index (χ1v) is 10.4. The average Bonchev–Trinajstić information content (AvgIpc) is 3.17. The third-order valence-corrected chi connectivity index (χ3v) is 5.74. The summed E-state index contributed by atoms with van der Waals surface area (Å²) >= 11 is 0. The minimum atomic E-state index is 0. The maximum atomic E-state index is 5.53. The van der Waals surface area contributed by atoms with Crippen LogP contribution in [0.1, 0.15) is 13.3 Å². The Labute approximate surface area is 192 Å². The molecule has 2 aliphatic rings. The third kappa shape index (κ3) is 6.62. The molecular weight excluding hydrogens is 479 g/mol. The summed E-state index contributed by atoms with van der Waals surface area (Å²) in [6.07, 6.45) is 1.09. The van der Waals surface area contributed by atoms with E-state index >= 15 is 0 Å². The smallest absolute Gasteiger partial charge is 0.191 e. The van der Waals surface area contributed by atoms with Crippen molar-refractivity contribution in [1.29, 1.82) is 0 Å². The molecule has 7 nitrogen and oxygen atoms in total. The van der Waals surface area contributed by atoms with Gasteiger partial charge in [0.1, 0.15) is 5.75 Å². The van der Waals surface area contributed by atoms with Gasteiger partial charge >= 0.3 is 0 Å². The highest BCUT2D eigenvalue weighted by molar-refractivity contribution is 14.0. The second-order valence-electron chi connectivity index (χ2n) is 7.86. The summed E-state index contributed by atoms with van der Waals surface area (Å²) in [4.78, 5) is 12.1. The Morgan fingerprint density at radius 2 is 1.97 bits per heavy atom. The molecule has 0 spiro atoms. The summed E-state index contributed by atoms with van der Waals surface area (Å²) in [5.41, 5.74) is 1.17. The average molecular weight is 516 g/mol. The molecule has 29 heavy (non-hydrogen) atoms. The number of para-hydroxylation sites is 2. The lowest BCUT2D eigenvalue weighted by Crippen LogP contribution is -2.52. The van der Waals surface area contributed by atoms with E-state index in [9.17, 15) is 0 Å². The number of ether oxygens (including phenoxy) is 1. The Bertz CT molecular complexity index is 658. The van der Waals surface area contributed by atoms with Crippen molar-refractivity contribution in [3.8, 4) is 5.75 Å². The maximum absolute atomic E-state index is 5.53. The molecule has 2 atom stereocenters. The van der Waals surface area contributed by atoms with Crippen LogP contribution in [0.4, 0.5) is 5.69 Å². The minimum Gasteiger partial charge on any atom is -0.495 e. The Balaban J connectivity index is 0.00000300. The molecule has 0 aliphatic carbocycles. The maximum Gasteiger partial charge on any atom is 0.191 e. The van der Waals surface area contributed by atoms with Crippen LogP contribution in [-0.2, 0) is 0 Å². The van der Waals surface area contributed by atoms with E-state index in [2.05, 4.69) is 58.5 Å². The van der Waals surface area contributed by atoms with Crippen LogP contribution < -0.4 is 20.3 Å². The molecule has 0 bridgehead atoms. The van der Waals surface area contributed by atoms with E-state index in [1.807, 2.05) is 12.1 Å². The van der Waals surface area contributed by atoms with E-state index in [-0.39, 0.29) is 24.0 Å². The van der Waals surface area contributed by atoms with Crippen LogP contribution in [0, 0.1) is 0 Å². The summed E-state index contributed by atoms with van der Waals surface area (Å²) in [7, 11) is 6.13.